The summed E-state index contributed by atoms with van der Waals surface area (Å²) in [6.07, 6.45) is 1.70. The molecule has 17 heavy (non-hydrogen) atoms. The Morgan fingerprint density at radius 1 is 1.35 bits per heavy atom. The molecule has 88 valence electrons. The van der Waals surface area contributed by atoms with Crippen molar-refractivity contribution in [1.29, 1.82) is 0 Å². The fourth-order valence-electron chi connectivity index (χ4n) is 1.51. The molecule has 0 fully saturated rings. The van der Waals surface area contributed by atoms with Gasteiger partial charge in [0.2, 0.25) is 0 Å². The smallest absolute Gasteiger partial charge is 0.159 e. The van der Waals surface area contributed by atoms with Gasteiger partial charge in [0, 0.05) is 22.8 Å². The number of benzene rings is 1. The number of hydrogen-bond acceptors (Lipinski definition) is 3. The molecule has 0 atom stereocenters. The molecule has 0 saturated heterocycles. The van der Waals surface area contributed by atoms with Crippen molar-refractivity contribution < 1.29 is 4.39 Å². The van der Waals surface area contributed by atoms with Gasteiger partial charge in [-0.05, 0) is 30.7 Å². The van der Waals surface area contributed by atoms with E-state index in [0.717, 1.165) is 11.3 Å². The second-order valence-electron chi connectivity index (χ2n) is 3.69. The first-order valence-corrected chi connectivity index (χ1v) is 5.88. The molecule has 2 N–H and O–H groups in total. The van der Waals surface area contributed by atoms with Crippen molar-refractivity contribution in [3.8, 4) is 11.4 Å². The van der Waals surface area contributed by atoms with Gasteiger partial charge in [-0.15, -0.1) is 0 Å². The average molecular weight is 296 g/mol. The Morgan fingerprint density at radius 2 is 2.12 bits per heavy atom. The maximum absolute atomic E-state index is 13.3. The zero-order valence-corrected chi connectivity index (χ0v) is 10.8. The highest BCUT2D eigenvalue weighted by atomic mass is 79.9. The summed E-state index contributed by atoms with van der Waals surface area (Å²) in [6.45, 7) is 2.24. The van der Waals surface area contributed by atoms with Crippen molar-refractivity contribution in [2.45, 2.75) is 13.5 Å². The summed E-state index contributed by atoms with van der Waals surface area (Å²) in [5, 5.41) is 0. The van der Waals surface area contributed by atoms with Gasteiger partial charge in [-0.2, -0.15) is 0 Å². The number of rotatable bonds is 2. The van der Waals surface area contributed by atoms with Crippen LogP contribution in [0.1, 0.15) is 11.3 Å². The summed E-state index contributed by atoms with van der Waals surface area (Å²) >= 11 is 3.24. The average Bonchev–Trinajstić information content (AvgIpc) is 2.28. The molecule has 0 radical (unpaired) electrons. The Hall–Kier alpha value is -1.33. The van der Waals surface area contributed by atoms with Gasteiger partial charge < -0.3 is 5.73 Å². The van der Waals surface area contributed by atoms with E-state index in [-0.39, 0.29) is 5.82 Å². The zero-order chi connectivity index (χ0) is 12.4. The van der Waals surface area contributed by atoms with E-state index in [0.29, 0.717) is 22.4 Å². The molecule has 0 aliphatic heterocycles. The molecule has 0 saturated carbocycles. The normalized spacial score (nSPS) is 10.6. The Labute approximate surface area is 107 Å². The van der Waals surface area contributed by atoms with E-state index in [1.54, 1.807) is 12.3 Å². The third-order valence-electron chi connectivity index (χ3n) is 2.39. The summed E-state index contributed by atoms with van der Waals surface area (Å²) < 4.78 is 13.9. The van der Waals surface area contributed by atoms with Crippen LogP contribution < -0.4 is 5.73 Å². The molecule has 0 bridgehead atoms. The van der Waals surface area contributed by atoms with Crippen molar-refractivity contribution in [3.63, 3.8) is 0 Å². The second-order valence-corrected chi connectivity index (χ2v) is 4.60. The third kappa shape index (κ3) is 2.68. The summed E-state index contributed by atoms with van der Waals surface area (Å²) in [5.41, 5.74) is 7.93. The Balaban J connectivity index is 2.52. The summed E-state index contributed by atoms with van der Waals surface area (Å²) in [4.78, 5) is 8.50. The van der Waals surface area contributed by atoms with E-state index >= 15 is 0 Å². The predicted octanol–water partition coefficient (Wildman–Crippen LogP) is 2.81. The lowest BCUT2D eigenvalue weighted by Crippen LogP contribution is -2.04. The minimum Gasteiger partial charge on any atom is -0.325 e. The topological polar surface area (TPSA) is 51.8 Å². The minimum atomic E-state index is -0.326. The van der Waals surface area contributed by atoms with E-state index in [9.17, 15) is 4.39 Å². The maximum Gasteiger partial charge on any atom is 0.159 e. The molecule has 1 aromatic heterocycles. The molecule has 0 aliphatic rings. The molecule has 1 aromatic carbocycles. The quantitative estimate of drug-likeness (QED) is 0.927. The Kier molecular flexibility index (Phi) is 3.49. The number of nitrogens with zero attached hydrogens (tertiary/aromatic N) is 2. The van der Waals surface area contributed by atoms with Gasteiger partial charge in [-0.1, -0.05) is 15.9 Å². The molecule has 5 heteroatoms. The van der Waals surface area contributed by atoms with Crippen molar-refractivity contribution in [2.24, 2.45) is 5.73 Å². The predicted molar refractivity (Wildman–Crippen MR) is 67.8 cm³/mol. The zero-order valence-electron chi connectivity index (χ0n) is 9.24. The van der Waals surface area contributed by atoms with E-state index in [1.165, 1.54) is 12.1 Å². The first-order chi connectivity index (χ1) is 8.10. The van der Waals surface area contributed by atoms with Gasteiger partial charge in [-0.3, -0.25) is 0 Å². The maximum atomic E-state index is 13.3. The monoisotopic (exact) mass is 295 g/mol. The molecule has 3 nitrogen and oxygen atoms in total. The highest BCUT2D eigenvalue weighted by molar-refractivity contribution is 9.10. The lowest BCUT2D eigenvalue weighted by Gasteiger charge is -2.06. The van der Waals surface area contributed by atoms with Crippen molar-refractivity contribution in [2.75, 3.05) is 0 Å². The summed E-state index contributed by atoms with van der Waals surface area (Å²) in [6, 6.07) is 4.56. The number of halogens is 2. The number of nitrogens with two attached hydrogens (primary N) is 1. The molecule has 0 spiro atoms. The van der Waals surface area contributed by atoms with Crippen LogP contribution in [-0.2, 0) is 6.54 Å². The van der Waals surface area contributed by atoms with E-state index < -0.39 is 0 Å². The van der Waals surface area contributed by atoms with Crippen LogP contribution in [0.25, 0.3) is 11.4 Å². The van der Waals surface area contributed by atoms with Crippen LogP contribution in [0.4, 0.5) is 4.39 Å². The highest BCUT2D eigenvalue weighted by Crippen LogP contribution is 2.22. The summed E-state index contributed by atoms with van der Waals surface area (Å²) in [7, 11) is 0. The number of aryl methyl sites for hydroxylation is 1. The fourth-order valence-corrected chi connectivity index (χ4v) is 1.97. The van der Waals surface area contributed by atoms with E-state index in [1.807, 2.05) is 6.92 Å². The van der Waals surface area contributed by atoms with Gasteiger partial charge in [-0.25, -0.2) is 14.4 Å². The van der Waals surface area contributed by atoms with Crippen LogP contribution in [0.15, 0.2) is 28.9 Å². The van der Waals surface area contributed by atoms with Crippen LogP contribution in [0.5, 0.6) is 0 Å². The van der Waals surface area contributed by atoms with Crippen LogP contribution in [0.2, 0.25) is 0 Å². The van der Waals surface area contributed by atoms with Crippen molar-refractivity contribution >= 4 is 15.9 Å². The second kappa shape index (κ2) is 4.89. The highest BCUT2D eigenvalue weighted by Gasteiger charge is 2.07. The van der Waals surface area contributed by atoms with Crippen LogP contribution >= 0.6 is 15.9 Å². The summed E-state index contributed by atoms with van der Waals surface area (Å²) in [5.74, 6) is 0.157. The molecule has 0 aliphatic carbocycles. The molecule has 1 heterocycles. The van der Waals surface area contributed by atoms with Gasteiger partial charge in [0.25, 0.3) is 0 Å². The van der Waals surface area contributed by atoms with Crippen LogP contribution in [0.3, 0.4) is 0 Å². The molecule has 0 amide bonds. The van der Waals surface area contributed by atoms with Gasteiger partial charge >= 0.3 is 0 Å². The molecular formula is C12H11BrFN3. The van der Waals surface area contributed by atoms with Gasteiger partial charge in [0.05, 0.1) is 5.69 Å². The van der Waals surface area contributed by atoms with Crippen molar-refractivity contribution in [1.82, 2.24) is 9.97 Å². The van der Waals surface area contributed by atoms with Gasteiger partial charge in [0.1, 0.15) is 5.82 Å². The molecular weight excluding hydrogens is 285 g/mol. The van der Waals surface area contributed by atoms with Gasteiger partial charge in [0.15, 0.2) is 5.82 Å². The SMILES string of the molecule is Cc1cnc(-c2cc(F)cc(Br)c2)nc1CN. The fraction of sp³-hybridized carbons (Fsp3) is 0.167. The lowest BCUT2D eigenvalue weighted by molar-refractivity contribution is 0.627. The Bertz CT molecular complexity index is 537. The van der Waals surface area contributed by atoms with E-state index in [4.69, 9.17) is 5.73 Å². The largest absolute Gasteiger partial charge is 0.325 e. The number of aromatic nitrogens is 2. The minimum absolute atomic E-state index is 0.326. The molecule has 2 aromatic rings. The van der Waals surface area contributed by atoms with Crippen LogP contribution in [-0.4, -0.2) is 9.97 Å². The standard InChI is InChI=1S/C12H11BrFN3/c1-7-6-16-12(17-11(7)5-15)8-2-9(13)4-10(14)3-8/h2-4,6H,5,15H2,1H3. The van der Waals surface area contributed by atoms with E-state index in [2.05, 4.69) is 25.9 Å². The first kappa shape index (κ1) is 12.1. The Morgan fingerprint density at radius 3 is 2.76 bits per heavy atom. The first-order valence-electron chi connectivity index (χ1n) is 5.09. The number of hydrogen-bond donors (Lipinski definition) is 1. The molecule has 2 rings (SSSR count). The lowest BCUT2D eigenvalue weighted by atomic mass is 10.2. The third-order valence-corrected chi connectivity index (χ3v) is 2.85. The van der Waals surface area contributed by atoms with Crippen LogP contribution in [0, 0.1) is 12.7 Å². The molecule has 0 unspecified atom stereocenters. The van der Waals surface area contributed by atoms with Crippen molar-refractivity contribution in [3.05, 3.63) is 45.9 Å².